The summed E-state index contributed by atoms with van der Waals surface area (Å²) in [5.74, 6) is 0.837. The van der Waals surface area contributed by atoms with Crippen molar-refractivity contribution in [3.63, 3.8) is 0 Å². The molecule has 0 aliphatic carbocycles. The van der Waals surface area contributed by atoms with E-state index in [-0.39, 0.29) is 24.0 Å². The highest BCUT2D eigenvalue weighted by Gasteiger charge is 2.02. The number of halogens is 1. The van der Waals surface area contributed by atoms with E-state index >= 15 is 0 Å². The van der Waals surface area contributed by atoms with Gasteiger partial charge in [-0.15, -0.1) is 24.0 Å². The van der Waals surface area contributed by atoms with Gasteiger partial charge in [0.2, 0.25) is 0 Å². The highest BCUT2D eigenvalue weighted by molar-refractivity contribution is 14.0. The Morgan fingerprint density at radius 1 is 1.21 bits per heavy atom. The van der Waals surface area contributed by atoms with Gasteiger partial charge in [0.1, 0.15) is 0 Å². The van der Waals surface area contributed by atoms with Gasteiger partial charge in [0.25, 0.3) is 0 Å². The van der Waals surface area contributed by atoms with Crippen LogP contribution in [0.25, 0.3) is 0 Å². The molecule has 0 saturated heterocycles. The van der Waals surface area contributed by atoms with Crippen molar-refractivity contribution < 1.29 is 4.74 Å². The number of nitrogens with one attached hydrogen (secondary N) is 2. The molecule has 0 fully saturated rings. The lowest BCUT2D eigenvalue weighted by molar-refractivity contribution is 0.184. The fourth-order valence-electron chi connectivity index (χ4n) is 1.67. The van der Waals surface area contributed by atoms with E-state index in [2.05, 4.69) is 34.7 Å². The first-order valence-electron chi connectivity index (χ1n) is 6.32. The Kier molecular flexibility index (Phi) is 10.6. The van der Waals surface area contributed by atoms with Crippen molar-refractivity contribution in [3.8, 4) is 0 Å². The van der Waals surface area contributed by atoms with Crippen molar-refractivity contribution in [1.29, 1.82) is 0 Å². The third kappa shape index (κ3) is 6.77. The number of benzene rings is 1. The number of hydrogen-bond acceptors (Lipinski definition) is 2. The van der Waals surface area contributed by atoms with Crippen LogP contribution in [0.1, 0.15) is 24.5 Å². The van der Waals surface area contributed by atoms with Crippen LogP contribution in [0.3, 0.4) is 0 Å². The Morgan fingerprint density at radius 3 is 2.47 bits per heavy atom. The van der Waals surface area contributed by atoms with Gasteiger partial charge < -0.3 is 15.4 Å². The van der Waals surface area contributed by atoms with Crippen LogP contribution >= 0.6 is 24.0 Å². The van der Waals surface area contributed by atoms with Crippen LogP contribution < -0.4 is 10.6 Å². The summed E-state index contributed by atoms with van der Waals surface area (Å²) in [6.45, 7) is 4.45. The Bertz CT molecular complexity index is 383. The molecule has 19 heavy (non-hydrogen) atoms. The Labute approximate surface area is 133 Å². The highest BCUT2D eigenvalue weighted by atomic mass is 127. The summed E-state index contributed by atoms with van der Waals surface area (Å²) in [6, 6.07) is 8.26. The minimum absolute atomic E-state index is 0. The van der Waals surface area contributed by atoms with E-state index in [1.807, 2.05) is 12.1 Å². The Balaban J connectivity index is 0.00000324. The van der Waals surface area contributed by atoms with Crippen molar-refractivity contribution in [2.24, 2.45) is 4.99 Å². The molecule has 0 unspecified atom stereocenters. The average molecular weight is 377 g/mol. The fourth-order valence-corrected chi connectivity index (χ4v) is 1.67. The Morgan fingerprint density at radius 2 is 1.89 bits per heavy atom. The van der Waals surface area contributed by atoms with Crippen molar-refractivity contribution >= 4 is 29.9 Å². The fraction of sp³-hybridized carbons (Fsp3) is 0.500. The van der Waals surface area contributed by atoms with Gasteiger partial charge in [0, 0.05) is 27.2 Å². The van der Waals surface area contributed by atoms with Crippen molar-refractivity contribution in [3.05, 3.63) is 35.4 Å². The molecule has 0 aliphatic heterocycles. The van der Waals surface area contributed by atoms with Crippen LogP contribution in [0.5, 0.6) is 0 Å². The summed E-state index contributed by atoms with van der Waals surface area (Å²) >= 11 is 0. The van der Waals surface area contributed by atoms with Crippen LogP contribution in [0.15, 0.2) is 29.3 Å². The third-order valence-corrected chi connectivity index (χ3v) is 2.63. The van der Waals surface area contributed by atoms with Crippen molar-refractivity contribution in [2.45, 2.75) is 26.5 Å². The summed E-state index contributed by atoms with van der Waals surface area (Å²) in [4.78, 5) is 4.18. The van der Waals surface area contributed by atoms with Gasteiger partial charge >= 0.3 is 0 Å². The third-order valence-electron chi connectivity index (χ3n) is 2.63. The zero-order valence-electron chi connectivity index (χ0n) is 11.9. The highest BCUT2D eigenvalue weighted by Crippen LogP contribution is 2.09. The first kappa shape index (κ1) is 18.2. The van der Waals surface area contributed by atoms with Crippen LogP contribution in [-0.4, -0.2) is 26.7 Å². The van der Waals surface area contributed by atoms with Gasteiger partial charge in [-0.2, -0.15) is 0 Å². The predicted octanol–water partition coefficient (Wildman–Crippen LogP) is 2.53. The van der Waals surface area contributed by atoms with Gasteiger partial charge in [-0.1, -0.05) is 31.2 Å². The van der Waals surface area contributed by atoms with E-state index in [1.165, 1.54) is 11.1 Å². The molecule has 0 aromatic heterocycles. The smallest absolute Gasteiger partial charge is 0.191 e. The SMILES string of the molecule is CCCNC(=NC)NCc1ccccc1COC.I. The lowest BCUT2D eigenvalue weighted by Gasteiger charge is -2.13. The van der Waals surface area contributed by atoms with E-state index in [0.717, 1.165) is 25.5 Å². The van der Waals surface area contributed by atoms with Gasteiger partial charge in [-0.05, 0) is 17.5 Å². The van der Waals surface area contributed by atoms with Crippen molar-refractivity contribution in [2.75, 3.05) is 20.7 Å². The van der Waals surface area contributed by atoms with Gasteiger partial charge in [0.15, 0.2) is 5.96 Å². The molecule has 4 nitrogen and oxygen atoms in total. The van der Waals surface area contributed by atoms with Crippen LogP contribution in [0, 0.1) is 0 Å². The van der Waals surface area contributed by atoms with E-state index in [1.54, 1.807) is 14.2 Å². The number of methoxy groups -OCH3 is 1. The molecule has 1 aromatic carbocycles. The van der Waals surface area contributed by atoms with Gasteiger partial charge in [-0.25, -0.2) is 0 Å². The summed E-state index contributed by atoms with van der Waals surface area (Å²) in [7, 11) is 3.50. The summed E-state index contributed by atoms with van der Waals surface area (Å²) in [5, 5.41) is 6.55. The second-order valence-electron chi connectivity index (χ2n) is 4.05. The van der Waals surface area contributed by atoms with E-state index in [0.29, 0.717) is 6.61 Å². The zero-order valence-corrected chi connectivity index (χ0v) is 14.2. The molecule has 1 rings (SSSR count). The molecule has 0 saturated carbocycles. The average Bonchev–Trinajstić information content (AvgIpc) is 2.41. The minimum atomic E-state index is 0. The Hall–Kier alpha value is -0.820. The van der Waals surface area contributed by atoms with Crippen molar-refractivity contribution in [1.82, 2.24) is 10.6 Å². The molecule has 2 N–H and O–H groups in total. The van der Waals surface area contributed by atoms with Crippen LogP contribution in [-0.2, 0) is 17.9 Å². The lowest BCUT2D eigenvalue weighted by atomic mass is 10.1. The first-order valence-corrected chi connectivity index (χ1v) is 6.32. The molecule has 5 heteroatoms. The van der Waals surface area contributed by atoms with Crippen LogP contribution in [0.4, 0.5) is 0 Å². The van der Waals surface area contributed by atoms with E-state index in [9.17, 15) is 0 Å². The maximum absolute atomic E-state index is 5.19. The molecule has 0 heterocycles. The quantitative estimate of drug-likeness (QED) is 0.455. The number of aliphatic imine (C=N–C) groups is 1. The molecule has 1 aromatic rings. The summed E-state index contributed by atoms with van der Waals surface area (Å²) in [5.41, 5.74) is 2.44. The number of hydrogen-bond donors (Lipinski definition) is 2. The zero-order chi connectivity index (χ0) is 13.2. The summed E-state index contributed by atoms with van der Waals surface area (Å²) in [6.07, 6.45) is 1.08. The maximum atomic E-state index is 5.19. The molecule has 0 bridgehead atoms. The molecule has 108 valence electrons. The number of rotatable bonds is 6. The molecule has 0 radical (unpaired) electrons. The second-order valence-corrected chi connectivity index (χ2v) is 4.05. The predicted molar refractivity (Wildman–Crippen MR) is 91.1 cm³/mol. The molecule has 0 atom stereocenters. The first-order chi connectivity index (χ1) is 8.81. The van der Waals surface area contributed by atoms with E-state index in [4.69, 9.17) is 4.74 Å². The van der Waals surface area contributed by atoms with Crippen LogP contribution in [0.2, 0.25) is 0 Å². The normalized spacial score (nSPS) is 10.8. The number of nitrogens with zero attached hydrogens (tertiary/aromatic N) is 1. The monoisotopic (exact) mass is 377 g/mol. The molecular formula is C14H24IN3O. The molecule has 0 aliphatic rings. The number of ether oxygens (including phenoxy) is 1. The maximum Gasteiger partial charge on any atom is 0.191 e. The summed E-state index contributed by atoms with van der Waals surface area (Å²) < 4.78 is 5.19. The molecular weight excluding hydrogens is 353 g/mol. The van der Waals surface area contributed by atoms with Gasteiger partial charge in [-0.3, -0.25) is 4.99 Å². The minimum Gasteiger partial charge on any atom is -0.380 e. The second kappa shape index (κ2) is 11.0. The van der Waals surface area contributed by atoms with E-state index < -0.39 is 0 Å². The standard InChI is InChI=1S/C14H23N3O.HI/c1-4-9-16-14(15-2)17-10-12-7-5-6-8-13(12)11-18-3;/h5-8H,4,9-11H2,1-3H3,(H2,15,16,17);1H. The lowest BCUT2D eigenvalue weighted by Crippen LogP contribution is -2.37. The topological polar surface area (TPSA) is 45.7 Å². The molecule has 0 amide bonds. The molecule has 0 spiro atoms. The number of guanidine groups is 1. The van der Waals surface area contributed by atoms with Gasteiger partial charge in [0.05, 0.1) is 6.61 Å². The largest absolute Gasteiger partial charge is 0.380 e.